The van der Waals surface area contributed by atoms with Crippen LogP contribution in [0, 0.1) is 0 Å². The quantitative estimate of drug-likeness (QED) is 0.414. The van der Waals surface area contributed by atoms with Gasteiger partial charge in [0.1, 0.15) is 12.2 Å². The van der Waals surface area contributed by atoms with E-state index in [0.717, 1.165) is 29.0 Å². The highest BCUT2D eigenvalue weighted by atomic mass is 79.9. The van der Waals surface area contributed by atoms with E-state index in [1.54, 1.807) is 24.3 Å². The van der Waals surface area contributed by atoms with Crippen molar-refractivity contribution >= 4 is 76.3 Å². The van der Waals surface area contributed by atoms with Crippen LogP contribution in [-0.4, -0.2) is 22.8 Å². The first-order chi connectivity index (χ1) is 12.5. The average Bonchev–Trinajstić information content (AvgIpc) is 2.58. The maximum absolute atomic E-state index is 10.9. The Bertz CT molecular complexity index is 778. The lowest BCUT2D eigenvalue weighted by molar-refractivity contribution is -0.115. The number of carbonyl (C=O) groups excluding carboxylic acids is 2. The van der Waals surface area contributed by atoms with Gasteiger partial charge >= 0.3 is 0 Å². The van der Waals surface area contributed by atoms with Crippen LogP contribution in [-0.2, 0) is 15.0 Å². The molecule has 0 saturated carbocycles. The fourth-order valence-corrected chi connectivity index (χ4v) is 7.43. The van der Waals surface area contributed by atoms with Gasteiger partial charge < -0.3 is 19.8 Å². The van der Waals surface area contributed by atoms with E-state index in [4.69, 9.17) is 0 Å². The summed E-state index contributed by atoms with van der Waals surface area (Å²) in [5, 5.41) is 19.6. The Morgan fingerprint density at radius 2 is 1.00 bits per heavy atom. The molecule has 8 heteroatoms. The maximum atomic E-state index is 10.9. The van der Waals surface area contributed by atoms with Gasteiger partial charge in [0.25, 0.3) is 0 Å². The number of hydrogen-bond donors (Lipinski definition) is 2. The van der Waals surface area contributed by atoms with Crippen LogP contribution >= 0.6 is 63.7 Å². The lowest BCUT2D eigenvalue weighted by Crippen LogP contribution is -2.22. The highest BCUT2D eigenvalue weighted by molar-refractivity contribution is 9.11. The fourth-order valence-electron chi connectivity index (χ4n) is 3.00. The van der Waals surface area contributed by atoms with Crippen LogP contribution in [0.2, 0.25) is 0 Å². The predicted octanol–water partition coefficient (Wildman–Crippen LogP) is 5.53. The van der Waals surface area contributed by atoms with Crippen molar-refractivity contribution in [3.05, 3.63) is 64.4 Å². The second-order valence-electron chi connectivity index (χ2n) is 6.51. The Hall–Kier alpha value is -0.380. The van der Waals surface area contributed by atoms with Crippen LogP contribution in [0.5, 0.6) is 0 Å². The lowest BCUT2D eigenvalue weighted by atomic mass is 9.77. The van der Waals surface area contributed by atoms with Crippen molar-refractivity contribution in [1.29, 1.82) is 0 Å². The van der Waals surface area contributed by atoms with Gasteiger partial charge in [-0.15, -0.1) is 0 Å². The summed E-state index contributed by atoms with van der Waals surface area (Å²) in [6.07, 6.45) is -1.44. The van der Waals surface area contributed by atoms with Gasteiger partial charge in [-0.25, -0.2) is 0 Å². The molecule has 27 heavy (non-hydrogen) atoms. The fraction of sp³-hybridized carbons (Fsp3) is 0.263. The van der Waals surface area contributed by atoms with Crippen molar-refractivity contribution in [3.63, 3.8) is 0 Å². The number of aliphatic hydroxyl groups excluding tert-OH is 2. The summed E-state index contributed by atoms with van der Waals surface area (Å²) in [5.41, 5.74) is 2.26. The molecule has 2 aromatic carbocycles. The molecule has 2 atom stereocenters. The van der Waals surface area contributed by atoms with E-state index in [1.807, 2.05) is 13.8 Å². The van der Waals surface area contributed by atoms with Gasteiger partial charge in [-0.2, -0.15) is 0 Å². The monoisotopic (exact) mass is 624 g/mol. The maximum Gasteiger partial charge on any atom is 0.153 e. The molecule has 0 aliphatic rings. The molecular weight excluding hydrogens is 612 g/mol. The first kappa shape index (κ1) is 22.9. The molecule has 0 heterocycles. The molecule has 0 amide bonds. The summed E-state index contributed by atoms with van der Waals surface area (Å²) in [4.78, 5) is 21.8. The van der Waals surface area contributed by atoms with Gasteiger partial charge in [0, 0.05) is 23.3 Å². The molecule has 144 valence electrons. The number of rotatable bonds is 6. The average molecular weight is 628 g/mol. The number of aliphatic hydroxyl groups is 2. The molecule has 2 N–H and O–H groups in total. The van der Waals surface area contributed by atoms with Crippen molar-refractivity contribution in [1.82, 2.24) is 0 Å². The molecule has 2 unspecified atom stereocenters. The van der Waals surface area contributed by atoms with Crippen LogP contribution in [0.25, 0.3) is 0 Å². The normalized spacial score (nSPS) is 13.9. The molecule has 0 spiro atoms. The standard InChI is InChI=1S/C19H16Br4O4/c1-19(2,17-11(20)3-9(4-12(17)21)15(26)7-24)18-13(22)5-10(6-14(18)23)16(27)8-25/h3-8,15-16,26-27H,1-2H3. The Morgan fingerprint density at radius 1 is 0.741 bits per heavy atom. The molecule has 0 radical (unpaired) electrons. The topological polar surface area (TPSA) is 74.6 Å². The minimum absolute atomic E-state index is 0.475. The van der Waals surface area contributed by atoms with Crippen LogP contribution < -0.4 is 0 Å². The molecule has 2 aromatic rings. The number of carbonyl (C=O) groups is 2. The van der Waals surface area contributed by atoms with Crippen LogP contribution in [0.15, 0.2) is 42.2 Å². The number of benzene rings is 2. The Morgan fingerprint density at radius 3 is 1.22 bits per heavy atom. The summed E-state index contributed by atoms with van der Waals surface area (Å²) < 4.78 is 2.92. The van der Waals surface area contributed by atoms with Crippen LogP contribution in [0.4, 0.5) is 0 Å². The molecule has 0 aliphatic heterocycles. The van der Waals surface area contributed by atoms with Gasteiger partial charge in [0.05, 0.1) is 0 Å². The Labute approximate surface area is 190 Å². The first-order valence-electron chi connectivity index (χ1n) is 7.80. The molecule has 0 bridgehead atoms. The Kier molecular flexibility index (Phi) is 7.61. The number of halogens is 4. The zero-order valence-corrected chi connectivity index (χ0v) is 20.7. The summed E-state index contributed by atoms with van der Waals surface area (Å²) in [5.74, 6) is 0. The van der Waals surface area contributed by atoms with Crippen molar-refractivity contribution in [2.24, 2.45) is 0 Å². The van der Waals surface area contributed by atoms with E-state index >= 15 is 0 Å². The molecule has 0 fully saturated rings. The molecule has 0 aromatic heterocycles. The molecular formula is C19H16Br4O4. The van der Waals surface area contributed by atoms with Gasteiger partial charge in [-0.05, 0) is 46.5 Å². The van der Waals surface area contributed by atoms with Gasteiger partial charge in [-0.3, -0.25) is 0 Å². The van der Waals surface area contributed by atoms with E-state index in [1.165, 1.54) is 0 Å². The molecule has 4 nitrogen and oxygen atoms in total. The summed E-state index contributed by atoms with van der Waals surface area (Å²) in [6, 6.07) is 6.86. The van der Waals surface area contributed by atoms with Crippen LogP contribution in [0.3, 0.4) is 0 Å². The largest absolute Gasteiger partial charge is 0.381 e. The smallest absolute Gasteiger partial charge is 0.153 e. The summed E-state index contributed by atoms with van der Waals surface area (Å²) in [7, 11) is 0. The molecule has 0 saturated heterocycles. The predicted molar refractivity (Wildman–Crippen MR) is 118 cm³/mol. The van der Waals surface area contributed by atoms with E-state index in [2.05, 4.69) is 63.7 Å². The second-order valence-corrected chi connectivity index (χ2v) is 9.92. The third kappa shape index (κ3) is 4.62. The molecule has 0 aliphatic carbocycles. The van der Waals surface area contributed by atoms with Gasteiger partial charge in [0.15, 0.2) is 12.6 Å². The number of hydrogen-bond acceptors (Lipinski definition) is 4. The van der Waals surface area contributed by atoms with Crippen molar-refractivity contribution in [2.75, 3.05) is 0 Å². The summed E-state index contributed by atoms with van der Waals surface area (Å²) in [6.45, 7) is 4.04. The van der Waals surface area contributed by atoms with E-state index in [-0.39, 0.29) is 0 Å². The minimum atomic E-state index is -1.20. The highest BCUT2D eigenvalue weighted by Gasteiger charge is 2.33. The minimum Gasteiger partial charge on any atom is -0.381 e. The van der Waals surface area contributed by atoms with Crippen LogP contribution in [0.1, 0.15) is 48.3 Å². The van der Waals surface area contributed by atoms with E-state index in [9.17, 15) is 19.8 Å². The first-order valence-corrected chi connectivity index (χ1v) is 11.0. The van der Waals surface area contributed by atoms with Crippen molar-refractivity contribution in [2.45, 2.75) is 31.5 Å². The van der Waals surface area contributed by atoms with E-state index in [0.29, 0.717) is 23.7 Å². The van der Waals surface area contributed by atoms with E-state index < -0.39 is 17.6 Å². The lowest BCUT2D eigenvalue weighted by Gasteiger charge is -2.31. The highest BCUT2D eigenvalue weighted by Crippen LogP contribution is 2.47. The van der Waals surface area contributed by atoms with Gasteiger partial charge in [-0.1, -0.05) is 77.6 Å². The van der Waals surface area contributed by atoms with Crippen molar-refractivity contribution in [3.8, 4) is 0 Å². The zero-order valence-electron chi connectivity index (χ0n) is 14.3. The SMILES string of the molecule is CC(C)(c1c(Br)cc(C(O)C=O)cc1Br)c1c(Br)cc(C(O)C=O)cc1Br. The third-order valence-corrected chi connectivity index (χ3v) is 6.82. The Balaban J connectivity index is 2.66. The summed E-state index contributed by atoms with van der Waals surface area (Å²) >= 11 is 14.2. The third-order valence-electron chi connectivity index (χ3n) is 4.32. The van der Waals surface area contributed by atoms with Gasteiger partial charge in [0.2, 0.25) is 0 Å². The second kappa shape index (κ2) is 8.97. The van der Waals surface area contributed by atoms with Crippen molar-refractivity contribution < 1.29 is 19.8 Å². The molecule has 2 rings (SSSR count). The number of aldehydes is 2. The zero-order chi connectivity index (χ0) is 20.5.